The predicted molar refractivity (Wildman–Crippen MR) is 81.8 cm³/mol. The minimum atomic E-state index is 0.722. The Labute approximate surface area is 123 Å². The Morgan fingerprint density at radius 2 is 2.15 bits per heavy atom. The third-order valence-electron chi connectivity index (χ3n) is 3.19. The standard InChI is InChI=1S/C14H9ClN4S/c1-8-11-12(15)13-9(5-7-20-13)17-14(11)19(18-8)10-4-2-3-6-16-10/h2-7H,1H3. The molecule has 0 unspecified atom stereocenters. The molecule has 0 aromatic carbocycles. The van der Waals surface area contributed by atoms with Crippen molar-refractivity contribution in [3.8, 4) is 5.82 Å². The Morgan fingerprint density at radius 3 is 2.95 bits per heavy atom. The van der Waals surface area contributed by atoms with Gasteiger partial charge < -0.3 is 0 Å². The summed E-state index contributed by atoms with van der Waals surface area (Å²) in [5.41, 5.74) is 2.50. The molecule has 0 aliphatic carbocycles. The smallest absolute Gasteiger partial charge is 0.167 e. The minimum Gasteiger partial charge on any atom is -0.237 e. The Bertz CT molecular complexity index is 927. The molecule has 4 aromatic heterocycles. The maximum absolute atomic E-state index is 6.52. The van der Waals surface area contributed by atoms with Crippen LogP contribution < -0.4 is 0 Å². The van der Waals surface area contributed by atoms with Gasteiger partial charge in [-0.1, -0.05) is 17.7 Å². The number of rotatable bonds is 1. The Morgan fingerprint density at radius 1 is 1.25 bits per heavy atom. The van der Waals surface area contributed by atoms with Crippen LogP contribution in [0, 0.1) is 6.92 Å². The summed E-state index contributed by atoms with van der Waals surface area (Å²) in [5.74, 6) is 0.740. The fourth-order valence-electron chi connectivity index (χ4n) is 2.30. The van der Waals surface area contributed by atoms with Crippen LogP contribution >= 0.6 is 22.9 Å². The lowest BCUT2D eigenvalue weighted by molar-refractivity contribution is 0.849. The first-order valence-electron chi connectivity index (χ1n) is 6.09. The van der Waals surface area contributed by atoms with Gasteiger partial charge in [-0.05, 0) is 30.5 Å². The first-order valence-corrected chi connectivity index (χ1v) is 7.35. The number of hydrogen-bond donors (Lipinski definition) is 0. The average Bonchev–Trinajstić information content (AvgIpc) is 3.05. The number of halogens is 1. The van der Waals surface area contributed by atoms with Crippen LogP contribution in [-0.2, 0) is 0 Å². The molecule has 0 saturated carbocycles. The van der Waals surface area contributed by atoms with Crippen molar-refractivity contribution < 1.29 is 0 Å². The molecule has 0 radical (unpaired) electrons. The predicted octanol–water partition coefficient (Wildman–Crippen LogP) is 3.99. The van der Waals surface area contributed by atoms with Gasteiger partial charge in [0.15, 0.2) is 11.5 Å². The van der Waals surface area contributed by atoms with Gasteiger partial charge in [0, 0.05) is 6.20 Å². The molecule has 6 heteroatoms. The Hall–Kier alpha value is -1.98. The first-order chi connectivity index (χ1) is 9.75. The SMILES string of the molecule is Cc1nn(-c2ccccn2)c2nc3ccsc3c(Cl)c12. The molecular formula is C14H9ClN4S. The Kier molecular flexibility index (Phi) is 2.52. The average molecular weight is 301 g/mol. The van der Waals surface area contributed by atoms with Crippen LogP contribution in [0.3, 0.4) is 0 Å². The zero-order valence-electron chi connectivity index (χ0n) is 10.5. The number of hydrogen-bond acceptors (Lipinski definition) is 4. The second-order valence-electron chi connectivity index (χ2n) is 4.44. The van der Waals surface area contributed by atoms with E-state index in [0.717, 1.165) is 37.8 Å². The molecule has 4 nitrogen and oxygen atoms in total. The summed E-state index contributed by atoms with van der Waals surface area (Å²) in [4.78, 5) is 9.01. The molecule has 0 bridgehead atoms. The first kappa shape index (κ1) is 11.8. The van der Waals surface area contributed by atoms with Crippen molar-refractivity contribution in [3.63, 3.8) is 0 Å². The van der Waals surface area contributed by atoms with Crippen molar-refractivity contribution in [1.29, 1.82) is 0 Å². The largest absolute Gasteiger partial charge is 0.237 e. The molecule has 4 heterocycles. The zero-order chi connectivity index (χ0) is 13.7. The van der Waals surface area contributed by atoms with Crippen LogP contribution in [0.1, 0.15) is 5.69 Å². The van der Waals surface area contributed by atoms with Gasteiger partial charge in [0.25, 0.3) is 0 Å². The molecular weight excluding hydrogens is 292 g/mol. The minimum absolute atomic E-state index is 0.722. The number of thiophene rings is 1. The topological polar surface area (TPSA) is 43.6 Å². The van der Waals surface area contributed by atoms with Crippen LogP contribution in [0.25, 0.3) is 27.1 Å². The maximum Gasteiger partial charge on any atom is 0.167 e. The molecule has 98 valence electrons. The van der Waals surface area contributed by atoms with Crippen molar-refractivity contribution in [3.05, 3.63) is 46.6 Å². The van der Waals surface area contributed by atoms with Crippen LogP contribution in [0.4, 0.5) is 0 Å². The second-order valence-corrected chi connectivity index (χ2v) is 5.74. The van der Waals surface area contributed by atoms with Gasteiger partial charge >= 0.3 is 0 Å². The van der Waals surface area contributed by atoms with E-state index >= 15 is 0 Å². The van der Waals surface area contributed by atoms with Crippen LogP contribution in [0.15, 0.2) is 35.8 Å². The fourth-order valence-corrected chi connectivity index (χ4v) is 3.52. The maximum atomic E-state index is 6.52. The molecule has 0 spiro atoms. The summed E-state index contributed by atoms with van der Waals surface area (Å²) in [6.07, 6.45) is 1.74. The van der Waals surface area contributed by atoms with E-state index in [2.05, 4.69) is 15.1 Å². The van der Waals surface area contributed by atoms with Gasteiger partial charge in [-0.3, -0.25) is 0 Å². The van der Waals surface area contributed by atoms with Gasteiger partial charge in [-0.25, -0.2) is 9.97 Å². The summed E-state index contributed by atoms with van der Waals surface area (Å²) in [6.45, 7) is 1.94. The molecule has 0 amide bonds. The second kappa shape index (κ2) is 4.26. The van der Waals surface area contributed by atoms with E-state index < -0.39 is 0 Å². The van der Waals surface area contributed by atoms with E-state index in [1.807, 2.05) is 36.6 Å². The molecule has 0 atom stereocenters. The van der Waals surface area contributed by atoms with Gasteiger partial charge in [0.1, 0.15) is 0 Å². The highest BCUT2D eigenvalue weighted by atomic mass is 35.5. The summed E-state index contributed by atoms with van der Waals surface area (Å²) >= 11 is 8.11. The van der Waals surface area contributed by atoms with E-state index in [0.29, 0.717) is 0 Å². The number of aromatic nitrogens is 4. The van der Waals surface area contributed by atoms with Crippen molar-refractivity contribution in [2.45, 2.75) is 6.92 Å². The lowest BCUT2D eigenvalue weighted by atomic mass is 10.2. The monoisotopic (exact) mass is 300 g/mol. The number of nitrogens with zero attached hydrogens (tertiary/aromatic N) is 4. The summed E-state index contributed by atoms with van der Waals surface area (Å²) in [5, 5.41) is 8.15. The van der Waals surface area contributed by atoms with E-state index in [-0.39, 0.29) is 0 Å². The highest BCUT2D eigenvalue weighted by Gasteiger charge is 2.17. The van der Waals surface area contributed by atoms with Crippen LogP contribution in [-0.4, -0.2) is 19.7 Å². The van der Waals surface area contributed by atoms with Gasteiger partial charge in [0.05, 0.1) is 26.3 Å². The molecule has 20 heavy (non-hydrogen) atoms. The molecule has 4 aromatic rings. The molecule has 0 fully saturated rings. The van der Waals surface area contributed by atoms with Gasteiger partial charge in [-0.2, -0.15) is 9.78 Å². The molecule has 0 N–H and O–H groups in total. The van der Waals surface area contributed by atoms with Crippen molar-refractivity contribution in [2.24, 2.45) is 0 Å². The van der Waals surface area contributed by atoms with Crippen molar-refractivity contribution >= 4 is 44.2 Å². The lowest BCUT2D eigenvalue weighted by Crippen LogP contribution is -2.00. The fraction of sp³-hybridized carbons (Fsp3) is 0.0714. The number of fused-ring (bicyclic) bond motifs is 2. The lowest BCUT2D eigenvalue weighted by Gasteiger charge is -2.02. The normalized spacial score (nSPS) is 11.5. The molecule has 0 saturated heterocycles. The third-order valence-corrected chi connectivity index (χ3v) is 4.60. The summed E-state index contributed by atoms with van der Waals surface area (Å²) in [6, 6.07) is 7.67. The molecule has 0 aliphatic heterocycles. The molecule has 0 aliphatic rings. The van der Waals surface area contributed by atoms with E-state index in [1.54, 1.807) is 22.2 Å². The van der Waals surface area contributed by atoms with Gasteiger partial charge in [-0.15, -0.1) is 11.3 Å². The summed E-state index contributed by atoms with van der Waals surface area (Å²) < 4.78 is 2.75. The molecule has 4 rings (SSSR count). The number of aryl methyl sites for hydroxylation is 1. The van der Waals surface area contributed by atoms with Crippen LogP contribution in [0.2, 0.25) is 5.02 Å². The van der Waals surface area contributed by atoms with E-state index in [1.165, 1.54) is 0 Å². The van der Waals surface area contributed by atoms with Crippen LogP contribution in [0.5, 0.6) is 0 Å². The summed E-state index contributed by atoms with van der Waals surface area (Å²) in [7, 11) is 0. The van der Waals surface area contributed by atoms with Crippen molar-refractivity contribution in [2.75, 3.05) is 0 Å². The van der Waals surface area contributed by atoms with E-state index in [9.17, 15) is 0 Å². The third kappa shape index (κ3) is 1.57. The number of pyridine rings is 2. The zero-order valence-corrected chi connectivity index (χ0v) is 12.1. The highest BCUT2D eigenvalue weighted by molar-refractivity contribution is 7.17. The highest BCUT2D eigenvalue weighted by Crippen LogP contribution is 2.35. The Balaban J connectivity index is 2.16. The van der Waals surface area contributed by atoms with Gasteiger partial charge in [0.2, 0.25) is 0 Å². The van der Waals surface area contributed by atoms with E-state index in [4.69, 9.17) is 11.6 Å². The van der Waals surface area contributed by atoms with Crippen molar-refractivity contribution in [1.82, 2.24) is 19.7 Å². The quantitative estimate of drug-likeness (QED) is 0.534.